The fraction of sp³-hybridized carbons (Fsp3) is 0.833. The Kier molecular flexibility index (Phi) is 5.21. The van der Waals surface area contributed by atoms with Crippen LogP contribution in [0.3, 0.4) is 0 Å². The Hall–Kier alpha value is -1.13. The summed E-state index contributed by atoms with van der Waals surface area (Å²) in [5.74, 6) is 0.240. The molecular formula is C30H46O4. The standard InChI is InChI=1S/C30H46O4/c1-17-10-13-30(25(33)34)15-14-28(6)19(23(30)18(17)2)8-9-21-27(5)12-11-22(32)26(3,4)24(27)20(31)16-29(21,28)7/h8,17,20-22,24,31-32H,9-16H2,1-7H3,(H,33,34)/t17-,20-,21-,22+,24+,27-,28-,29-,30+/m1/s1. The number of carboxylic acid groups (broad SMARTS) is 1. The molecule has 5 aliphatic carbocycles. The first kappa shape index (κ1) is 24.6. The van der Waals surface area contributed by atoms with Crippen LogP contribution in [0, 0.1) is 44.8 Å². The average molecular weight is 471 g/mol. The number of aliphatic carboxylic acids is 1. The van der Waals surface area contributed by atoms with Gasteiger partial charge in [-0.3, -0.25) is 4.79 Å². The van der Waals surface area contributed by atoms with E-state index in [1.54, 1.807) is 0 Å². The first-order chi connectivity index (χ1) is 15.7. The highest BCUT2D eigenvalue weighted by Gasteiger charge is 2.70. The molecule has 4 heteroatoms. The van der Waals surface area contributed by atoms with Gasteiger partial charge in [0.25, 0.3) is 0 Å². The van der Waals surface area contributed by atoms with Gasteiger partial charge in [0.05, 0.1) is 17.6 Å². The molecule has 0 amide bonds. The molecule has 0 bridgehead atoms. The van der Waals surface area contributed by atoms with Crippen LogP contribution in [0.5, 0.6) is 0 Å². The van der Waals surface area contributed by atoms with E-state index in [2.05, 4.69) is 54.5 Å². The molecule has 5 aliphatic rings. The van der Waals surface area contributed by atoms with Gasteiger partial charge in [-0.2, -0.15) is 0 Å². The van der Waals surface area contributed by atoms with Crippen molar-refractivity contribution in [2.45, 2.75) is 112 Å². The number of carbonyl (C=O) groups is 1. The molecule has 0 heterocycles. The molecule has 9 atom stereocenters. The average Bonchev–Trinajstić information content (AvgIpc) is 2.73. The van der Waals surface area contributed by atoms with Crippen molar-refractivity contribution in [3.05, 3.63) is 22.8 Å². The number of carboxylic acids is 1. The molecule has 0 unspecified atom stereocenters. The SMILES string of the molecule is CC1=C2C3=CC[C@@H]4[C@@]5(C)CC[C@H](O)C(C)(C)[C@@H]5[C@H](O)C[C@@]4(C)[C@]3(C)CC[C@@]2(C(=O)O)CC[C@H]1C. The van der Waals surface area contributed by atoms with E-state index in [1.165, 1.54) is 11.1 Å². The van der Waals surface area contributed by atoms with E-state index in [4.69, 9.17) is 0 Å². The Morgan fingerprint density at radius 1 is 1.00 bits per heavy atom. The highest BCUT2D eigenvalue weighted by atomic mass is 16.4. The zero-order valence-electron chi connectivity index (χ0n) is 22.4. The Balaban J connectivity index is 1.68. The fourth-order valence-corrected chi connectivity index (χ4v) is 10.4. The molecule has 0 aliphatic heterocycles. The third-order valence-corrected chi connectivity index (χ3v) is 12.7. The van der Waals surface area contributed by atoms with Crippen LogP contribution in [0.2, 0.25) is 0 Å². The highest BCUT2D eigenvalue weighted by molar-refractivity contribution is 5.82. The Bertz CT molecular complexity index is 976. The van der Waals surface area contributed by atoms with E-state index in [0.717, 1.165) is 50.5 Å². The van der Waals surface area contributed by atoms with Gasteiger partial charge >= 0.3 is 5.97 Å². The molecule has 0 saturated heterocycles. The summed E-state index contributed by atoms with van der Waals surface area (Å²) in [6, 6.07) is 0. The van der Waals surface area contributed by atoms with Crippen molar-refractivity contribution in [1.29, 1.82) is 0 Å². The summed E-state index contributed by atoms with van der Waals surface area (Å²) >= 11 is 0. The largest absolute Gasteiger partial charge is 0.481 e. The molecular weight excluding hydrogens is 424 g/mol. The van der Waals surface area contributed by atoms with Crippen LogP contribution in [0.25, 0.3) is 0 Å². The lowest BCUT2D eigenvalue weighted by molar-refractivity contribution is -0.237. The summed E-state index contributed by atoms with van der Waals surface area (Å²) in [7, 11) is 0. The molecule has 190 valence electrons. The number of aliphatic hydroxyl groups is 2. The van der Waals surface area contributed by atoms with Crippen molar-refractivity contribution in [3.8, 4) is 0 Å². The van der Waals surface area contributed by atoms with Crippen molar-refractivity contribution in [1.82, 2.24) is 0 Å². The summed E-state index contributed by atoms with van der Waals surface area (Å²) in [4.78, 5) is 12.8. The predicted molar refractivity (Wildman–Crippen MR) is 134 cm³/mol. The van der Waals surface area contributed by atoms with Crippen LogP contribution in [0.15, 0.2) is 22.8 Å². The summed E-state index contributed by atoms with van der Waals surface area (Å²) in [6.45, 7) is 15.9. The van der Waals surface area contributed by atoms with E-state index >= 15 is 0 Å². The second kappa shape index (κ2) is 7.22. The van der Waals surface area contributed by atoms with Gasteiger partial charge in [0, 0.05) is 0 Å². The first-order valence-electron chi connectivity index (χ1n) is 13.7. The molecule has 3 fully saturated rings. The number of hydrogen-bond acceptors (Lipinski definition) is 3. The molecule has 0 radical (unpaired) electrons. The van der Waals surface area contributed by atoms with Crippen LogP contribution in [0.1, 0.15) is 99.8 Å². The van der Waals surface area contributed by atoms with E-state index in [-0.39, 0.29) is 33.7 Å². The quantitative estimate of drug-likeness (QED) is 0.431. The zero-order chi connectivity index (χ0) is 25.1. The zero-order valence-corrected chi connectivity index (χ0v) is 22.4. The molecule has 3 N–H and O–H groups in total. The molecule has 3 saturated carbocycles. The minimum atomic E-state index is -0.748. The Morgan fingerprint density at radius 2 is 1.68 bits per heavy atom. The van der Waals surface area contributed by atoms with Crippen LogP contribution < -0.4 is 0 Å². The van der Waals surface area contributed by atoms with E-state index in [9.17, 15) is 20.1 Å². The monoisotopic (exact) mass is 470 g/mol. The molecule has 0 aromatic carbocycles. The lowest BCUT2D eigenvalue weighted by atomic mass is 9.34. The van der Waals surface area contributed by atoms with Crippen LogP contribution in [-0.2, 0) is 4.79 Å². The highest BCUT2D eigenvalue weighted by Crippen LogP contribution is 2.75. The molecule has 0 spiro atoms. The maximum absolute atomic E-state index is 12.8. The number of hydrogen-bond donors (Lipinski definition) is 3. The van der Waals surface area contributed by atoms with Crippen molar-refractivity contribution >= 4 is 5.97 Å². The van der Waals surface area contributed by atoms with Crippen LogP contribution in [0.4, 0.5) is 0 Å². The first-order valence-corrected chi connectivity index (χ1v) is 13.7. The van der Waals surface area contributed by atoms with Gasteiger partial charge in [0.2, 0.25) is 0 Å². The van der Waals surface area contributed by atoms with E-state index in [1.807, 2.05) is 0 Å². The topological polar surface area (TPSA) is 77.8 Å². The van der Waals surface area contributed by atoms with Crippen LogP contribution in [-0.4, -0.2) is 33.5 Å². The van der Waals surface area contributed by atoms with Gasteiger partial charge in [0.1, 0.15) is 0 Å². The number of rotatable bonds is 1. The molecule has 34 heavy (non-hydrogen) atoms. The van der Waals surface area contributed by atoms with E-state index < -0.39 is 17.5 Å². The third kappa shape index (κ3) is 2.71. The normalized spacial score (nSPS) is 52.0. The summed E-state index contributed by atoms with van der Waals surface area (Å²) in [6.07, 6.45) is 8.22. The van der Waals surface area contributed by atoms with Gasteiger partial charge in [-0.15, -0.1) is 0 Å². The summed E-state index contributed by atoms with van der Waals surface area (Å²) in [5.41, 5.74) is 2.31. The summed E-state index contributed by atoms with van der Waals surface area (Å²) < 4.78 is 0. The van der Waals surface area contributed by atoms with Gasteiger partial charge in [-0.25, -0.2) is 0 Å². The maximum Gasteiger partial charge on any atom is 0.314 e. The number of fused-ring (bicyclic) bond motifs is 7. The van der Waals surface area contributed by atoms with Gasteiger partial charge in [0.15, 0.2) is 0 Å². The molecule has 0 aromatic rings. The minimum absolute atomic E-state index is 0.0508. The van der Waals surface area contributed by atoms with Crippen molar-refractivity contribution in [2.75, 3.05) is 0 Å². The number of allylic oxidation sites excluding steroid dienone is 3. The summed E-state index contributed by atoms with van der Waals surface area (Å²) in [5, 5.41) is 33.1. The van der Waals surface area contributed by atoms with Crippen LogP contribution >= 0.6 is 0 Å². The van der Waals surface area contributed by atoms with Gasteiger partial charge in [-0.1, -0.05) is 53.2 Å². The molecule has 4 nitrogen and oxygen atoms in total. The molecule has 5 rings (SSSR count). The van der Waals surface area contributed by atoms with E-state index in [0.29, 0.717) is 18.3 Å². The lowest BCUT2D eigenvalue weighted by Gasteiger charge is -2.71. The maximum atomic E-state index is 12.8. The van der Waals surface area contributed by atoms with Crippen molar-refractivity contribution < 1.29 is 20.1 Å². The third-order valence-electron chi connectivity index (χ3n) is 12.7. The lowest BCUT2D eigenvalue weighted by Crippen LogP contribution is -2.67. The Morgan fingerprint density at radius 3 is 2.32 bits per heavy atom. The second-order valence-electron chi connectivity index (χ2n) is 14.2. The minimum Gasteiger partial charge on any atom is -0.481 e. The van der Waals surface area contributed by atoms with Crippen molar-refractivity contribution in [3.63, 3.8) is 0 Å². The smallest absolute Gasteiger partial charge is 0.314 e. The second-order valence-corrected chi connectivity index (χ2v) is 14.2. The van der Waals surface area contributed by atoms with Gasteiger partial charge in [-0.05, 0) is 109 Å². The Labute approximate surface area is 205 Å². The van der Waals surface area contributed by atoms with Crippen molar-refractivity contribution in [2.24, 2.45) is 44.8 Å². The predicted octanol–water partition coefficient (Wildman–Crippen LogP) is 6.12. The number of aliphatic hydroxyl groups excluding tert-OH is 2. The van der Waals surface area contributed by atoms with Gasteiger partial charge < -0.3 is 15.3 Å². The molecule has 0 aromatic heterocycles. The fourth-order valence-electron chi connectivity index (χ4n) is 10.4.